The van der Waals surface area contributed by atoms with E-state index in [0.717, 1.165) is 17.4 Å². The van der Waals surface area contributed by atoms with E-state index in [1.807, 2.05) is 0 Å². The highest BCUT2D eigenvalue weighted by Crippen LogP contribution is 2.31. The number of rotatable bonds is 5. The molecule has 1 nitrogen and oxygen atoms in total. The monoisotopic (exact) mass is 457 g/mol. The Kier molecular flexibility index (Phi) is 6.26. The molecule has 0 aliphatic carbocycles. The average Bonchev–Trinajstić information content (AvgIpc) is 2.46. The summed E-state index contributed by atoms with van der Waals surface area (Å²) in [6.45, 7) is 7.58. The van der Waals surface area contributed by atoms with Crippen LogP contribution >= 0.6 is 38.5 Å². The van der Waals surface area contributed by atoms with Gasteiger partial charge in [-0.2, -0.15) is 0 Å². The first-order valence-corrected chi connectivity index (χ1v) is 9.15. The van der Waals surface area contributed by atoms with E-state index in [1.54, 1.807) is 0 Å². The molecule has 0 bridgehead atoms. The van der Waals surface area contributed by atoms with Crippen molar-refractivity contribution in [3.05, 3.63) is 66.7 Å². The van der Waals surface area contributed by atoms with Gasteiger partial charge in [-0.05, 0) is 84.3 Å². The zero-order chi connectivity index (χ0) is 15.4. The summed E-state index contributed by atoms with van der Waals surface area (Å²) >= 11 is 6.04. The summed E-state index contributed by atoms with van der Waals surface area (Å²) in [5.41, 5.74) is 5.36. The van der Waals surface area contributed by atoms with Crippen molar-refractivity contribution in [3.63, 3.8) is 0 Å². The Morgan fingerprint density at radius 3 is 2.57 bits per heavy atom. The number of nitrogens with one attached hydrogen (secondary N) is 1. The van der Waals surface area contributed by atoms with Crippen LogP contribution in [-0.2, 0) is 0 Å². The van der Waals surface area contributed by atoms with Gasteiger partial charge in [-0.15, -0.1) is 0 Å². The predicted molar refractivity (Wildman–Crippen MR) is 103 cm³/mol. The van der Waals surface area contributed by atoms with Crippen LogP contribution in [0.2, 0.25) is 0 Å². The molecule has 0 saturated heterocycles. The minimum absolute atomic E-state index is 0.245. The molecule has 0 aliphatic heterocycles. The fraction of sp³-hybridized carbons (Fsp3) is 0.333. The molecule has 1 unspecified atom stereocenters. The van der Waals surface area contributed by atoms with E-state index in [0.29, 0.717) is 0 Å². The van der Waals surface area contributed by atoms with Crippen LogP contribution in [0.15, 0.2) is 40.9 Å². The lowest BCUT2D eigenvalue weighted by Crippen LogP contribution is -2.24. The van der Waals surface area contributed by atoms with Gasteiger partial charge in [0.1, 0.15) is 0 Å². The first-order valence-electron chi connectivity index (χ1n) is 7.28. The van der Waals surface area contributed by atoms with Gasteiger partial charge < -0.3 is 5.32 Å². The zero-order valence-electron chi connectivity index (χ0n) is 12.7. The van der Waals surface area contributed by atoms with Gasteiger partial charge in [0.05, 0.1) is 6.04 Å². The topological polar surface area (TPSA) is 12.0 Å². The maximum absolute atomic E-state index is 3.71. The number of aryl methyl sites for hydroxylation is 2. The Bertz CT molecular complexity index is 573. The van der Waals surface area contributed by atoms with Gasteiger partial charge in [0.15, 0.2) is 0 Å². The van der Waals surface area contributed by atoms with E-state index in [4.69, 9.17) is 0 Å². The second kappa shape index (κ2) is 7.75. The summed E-state index contributed by atoms with van der Waals surface area (Å²) < 4.78 is 2.43. The normalized spacial score (nSPS) is 12.4. The molecule has 0 aromatic heterocycles. The molecule has 1 N–H and O–H groups in total. The highest BCUT2D eigenvalue weighted by atomic mass is 127. The Morgan fingerprint density at radius 1 is 1.10 bits per heavy atom. The third-order valence-electron chi connectivity index (χ3n) is 3.61. The third kappa shape index (κ3) is 4.30. The lowest BCUT2D eigenvalue weighted by atomic mass is 9.93. The SMILES string of the molecule is CCCNC(c1cc(C)ccc1C)c1cc(Br)ccc1I. The van der Waals surface area contributed by atoms with Crippen LogP contribution in [0.3, 0.4) is 0 Å². The van der Waals surface area contributed by atoms with E-state index in [2.05, 4.69) is 101 Å². The van der Waals surface area contributed by atoms with Crippen molar-refractivity contribution >= 4 is 38.5 Å². The maximum atomic E-state index is 3.71. The first kappa shape index (κ1) is 17.0. The highest BCUT2D eigenvalue weighted by molar-refractivity contribution is 14.1. The molecule has 2 aromatic rings. The molecular weight excluding hydrogens is 437 g/mol. The molecule has 3 heteroatoms. The third-order valence-corrected chi connectivity index (χ3v) is 5.09. The Morgan fingerprint density at radius 2 is 1.86 bits per heavy atom. The van der Waals surface area contributed by atoms with Crippen LogP contribution in [0.25, 0.3) is 0 Å². The summed E-state index contributed by atoms with van der Waals surface area (Å²) in [6.07, 6.45) is 1.13. The fourth-order valence-corrected chi connectivity index (χ4v) is 3.51. The van der Waals surface area contributed by atoms with Crippen molar-refractivity contribution in [3.8, 4) is 0 Å². The van der Waals surface area contributed by atoms with E-state index in [1.165, 1.54) is 25.8 Å². The molecule has 2 rings (SSSR count). The number of halogens is 2. The van der Waals surface area contributed by atoms with E-state index >= 15 is 0 Å². The Labute approximate surface area is 149 Å². The summed E-state index contributed by atoms with van der Waals surface area (Å²) in [4.78, 5) is 0. The average molecular weight is 458 g/mol. The molecule has 0 radical (unpaired) electrons. The summed E-state index contributed by atoms with van der Waals surface area (Å²) in [5, 5.41) is 3.71. The second-order valence-corrected chi connectivity index (χ2v) is 7.49. The van der Waals surface area contributed by atoms with Crippen LogP contribution in [0, 0.1) is 17.4 Å². The molecule has 0 aliphatic rings. The lowest BCUT2D eigenvalue weighted by molar-refractivity contribution is 0.594. The zero-order valence-corrected chi connectivity index (χ0v) is 16.5. The van der Waals surface area contributed by atoms with Crippen molar-refractivity contribution < 1.29 is 0 Å². The van der Waals surface area contributed by atoms with Crippen LogP contribution in [0.4, 0.5) is 0 Å². The van der Waals surface area contributed by atoms with E-state index < -0.39 is 0 Å². The molecule has 0 heterocycles. The Hall–Kier alpha value is -0.390. The molecule has 0 saturated carbocycles. The quantitative estimate of drug-likeness (QED) is 0.562. The molecule has 2 aromatic carbocycles. The lowest BCUT2D eigenvalue weighted by Gasteiger charge is -2.23. The first-order chi connectivity index (χ1) is 10.0. The van der Waals surface area contributed by atoms with Crippen LogP contribution < -0.4 is 5.32 Å². The van der Waals surface area contributed by atoms with Gasteiger partial charge >= 0.3 is 0 Å². The summed E-state index contributed by atoms with van der Waals surface area (Å²) in [7, 11) is 0. The summed E-state index contributed by atoms with van der Waals surface area (Å²) in [6, 6.07) is 13.5. The van der Waals surface area contributed by atoms with Crippen molar-refractivity contribution in [2.45, 2.75) is 33.2 Å². The van der Waals surface area contributed by atoms with Crippen LogP contribution in [0.1, 0.15) is 41.6 Å². The smallest absolute Gasteiger partial charge is 0.0590 e. The molecule has 0 amide bonds. The van der Waals surface area contributed by atoms with Crippen LogP contribution in [-0.4, -0.2) is 6.54 Å². The molecule has 0 spiro atoms. The molecule has 112 valence electrons. The summed E-state index contributed by atoms with van der Waals surface area (Å²) in [5.74, 6) is 0. The van der Waals surface area contributed by atoms with E-state index in [9.17, 15) is 0 Å². The van der Waals surface area contributed by atoms with Crippen molar-refractivity contribution in [2.75, 3.05) is 6.54 Å². The van der Waals surface area contributed by atoms with Crippen molar-refractivity contribution in [1.82, 2.24) is 5.32 Å². The van der Waals surface area contributed by atoms with Gasteiger partial charge in [-0.1, -0.05) is 46.6 Å². The largest absolute Gasteiger partial charge is 0.306 e. The number of benzene rings is 2. The van der Waals surface area contributed by atoms with Crippen molar-refractivity contribution in [1.29, 1.82) is 0 Å². The van der Waals surface area contributed by atoms with Crippen LogP contribution in [0.5, 0.6) is 0 Å². The molecular formula is C18H21BrIN. The van der Waals surface area contributed by atoms with Gasteiger partial charge in [0.2, 0.25) is 0 Å². The van der Waals surface area contributed by atoms with Gasteiger partial charge in [-0.25, -0.2) is 0 Å². The molecule has 1 atom stereocenters. The second-order valence-electron chi connectivity index (χ2n) is 5.41. The molecule has 21 heavy (non-hydrogen) atoms. The minimum Gasteiger partial charge on any atom is -0.306 e. The fourth-order valence-electron chi connectivity index (χ4n) is 2.48. The maximum Gasteiger partial charge on any atom is 0.0590 e. The standard InChI is InChI=1S/C18H21BrIN/c1-4-9-21-18(15-10-12(2)5-6-13(15)3)16-11-14(19)7-8-17(16)20/h5-8,10-11,18,21H,4,9H2,1-3H3. The number of hydrogen-bond donors (Lipinski definition) is 1. The van der Waals surface area contributed by atoms with Gasteiger partial charge in [-0.3, -0.25) is 0 Å². The van der Waals surface area contributed by atoms with E-state index in [-0.39, 0.29) is 6.04 Å². The minimum atomic E-state index is 0.245. The molecule has 0 fully saturated rings. The van der Waals surface area contributed by atoms with Gasteiger partial charge in [0, 0.05) is 8.04 Å². The highest BCUT2D eigenvalue weighted by Gasteiger charge is 2.18. The predicted octanol–water partition coefficient (Wildman–Crippen LogP) is 5.76. The van der Waals surface area contributed by atoms with Gasteiger partial charge in [0.25, 0.3) is 0 Å². The van der Waals surface area contributed by atoms with Crippen molar-refractivity contribution in [2.24, 2.45) is 0 Å². The Balaban J connectivity index is 2.52. The number of hydrogen-bond acceptors (Lipinski definition) is 1.